The summed E-state index contributed by atoms with van der Waals surface area (Å²) in [7, 11) is 0. The maximum atomic E-state index is 12.1. The number of anilines is 1. The number of nitrogens with zero attached hydrogens (tertiary/aromatic N) is 1. The van der Waals surface area contributed by atoms with Crippen molar-refractivity contribution in [3.63, 3.8) is 0 Å². The second-order valence-corrected chi connectivity index (χ2v) is 4.96. The Morgan fingerprint density at radius 1 is 1.38 bits per heavy atom. The predicted molar refractivity (Wildman–Crippen MR) is 92.5 cm³/mol. The second-order valence-electron chi connectivity index (χ2n) is 4.96. The normalized spacial score (nSPS) is 15.4. The molecule has 1 heterocycles. The van der Waals surface area contributed by atoms with E-state index in [4.69, 9.17) is 5.73 Å². The molecular weight excluding hydrogens is 309 g/mol. The molecule has 0 unspecified atom stereocenters. The van der Waals surface area contributed by atoms with E-state index in [2.05, 4.69) is 16.8 Å². The Labute approximate surface area is 138 Å². The van der Waals surface area contributed by atoms with Crippen LogP contribution in [0.3, 0.4) is 0 Å². The third kappa shape index (κ3) is 5.96. The van der Waals surface area contributed by atoms with Crippen molar-refractivity contribution in [2.75, 3.05) is 25.4 Å². The van der Waals surface area contributed by atoms with Crippen molar-refractivity contribution >= 4 is 36.4 Å². The summed E-state index contributed by atoms with van der Waals surface area (Å²) in [4.78, 5) is 14.4. The molecule has 0 aliphatic carbocycles. The van der Waals surface area contributed by atoms with Crippen LogP contribution in [-0.4, -0.2) is 36.5 Å². The number of benzene rings is 1. The van der Waals surface area contributed by atoms with Crippen LogP contribution >= 0.6 is 24.8 Å². The highest BCUT2D eigenvalue weighted by atomic mass is 35.5. The molecule has 2 rings (SSSR count). The van der Waals surface area contributed by atoms with Crippen molar-refractivity contribution in [2.45, 2.75) is 18.9 Å². The number of rotatable bonds is 4. The summed E-state index contributed by atoms with van der Waals surface area (Å²) in [6.45, 7) is 6.69. The summed E-state index contributed by atoms with van der Waals surface area (Å²) in [6, 6.07) is 7.34. The number of hydrogen-bond donors (Lipinski definition) is 2. The van der Waals surface area contributed by atoms with Gasteiger partial charge in [0.05, 0.1) is 0 Å². The lowest BCUT2D eigenvalue weighted by Gasteiger charge is -2.31. The van der Waals surface area contributed by atoms with Crippen LogP contribution in [-0.2, 0) is 0 Å². The molecule has 1 amide bonds. The molecule has 1 aromatic carbocycles. The largest absolute Gasteiger partial charge is 0.399 e. The number of nitrogens with one attached hydrogen (secondary N) is 1. The van der Waals surface area contributed by atoms with Crippen molar-refractivity contribution in [2.24, 2.45) is 0 Å². The molecule has 21 heavy (non-hydrogen) atoms. The highest BCUT2D eigenvalue weighted by molar-refractivity contribution is 5.95. The number of halogens is 2. The Morgan fingerprint density at radius 2 is 2.05 bits per heavy atom. The zero-order chi connectivity index (χ0) is 13.7. The smallest absolute Gasteiger partial charge is 0.251 e. The van der Waals surface area contributed by atoms with Crippen LogP contribution in [0.2, 0.25) is 0 Å². The second kappa shape index (κ2) is 9.66. The van der Waals surface area contributed by atoms with Gasteiger partial charge in [-0.2, -0.15) is 0 Å². The van der Waals surface area contributed by atoms with E-state index < -0.39 is 0 Å². The molecule has 4 nitrogen and oxygen atoms in total. The minimum Gasteiger partial charge on any atom is -0.399 e. The highest BCUT2D eigenvalue weighted by Crippen LogP contribution is 2.12. The zero-order valence-corrected chi connectivity index (χ0v) is 13.6. The first-order valence-corrected chi connectivity index (χ1v) is 6.68. The number of piperidine rings is 1. The lowest BCUT2D eigenvalue weighted by Crippen LogP contribution is -2.44. The van der Waals surface area contributed by atoms with Crippen LogP contribution in [0.5, 0.6) is 0 Å². The molecule has 0 saturated carbocycles. The summed E-state index contributed by atoms with van der Waals surface area (Å²) in [5.41, 5.74) is 6.94. The lowest BCUT2D eigenvalue weighted by molar-refractivity contribution is 0.0914. The number of nitrogens with two attached hydrogens (primary N) is 1. The average Bonchev–Trinajstić information content (AvgIpc) is 2.41. The van der Waals surface area contributed by atoms with Crippen LogP contribution in [0.25, 0.3) is 0 Å². The summed E-state index contributed by atoms with van der Waals surface area (Å²) >= 11 is 0. The molecule has 0 aromatic heterocycles. The van der Waals surface area contributed by atoms with Gasteiger partial charge in [-0.15, -0.1) is 31.4 Å². The van der Waals surface area contributed by atoms with Gasteiger partial charge < -0.3 is 11.1 Å². The Kier molecular flexibility index (Phi) is 9.09. The van der Waals surface area contributed by atoms with Gasteiger partial charge in [0, 0.05) is 36.9 Å². The standard InChI is InChI=1S/C15H21N3O.2ClH/c1-2-8-18-9-6-14(7-10-18)17-15(19)12-4-3-5-13(16)11-12;;/h2-5,11,14H,1,6-10,16H2,(H,17,19);2*1H. The topological polar surface area (TPSA) is 58.4 Å². The van der Waals surface area contributed by atoms with E-state index in [1.165, 1.54) is 0 Å². The van der Waals surface area contributed by atoms with Gasteiger partial charge in [0.15, 0.2) is 0 Å². The summed E-state index contributed by atoms with van der Waals surface area (Å²) in [5.74, 6) is -0.0329. The molecule has 6 heteroatoms. The van der Waals surface area contributed by atoms with Crippen LogP contribution < -0.4 is 11.1 Å². The van der Waals surface area contributed by atoms with E-state index >= 15 is 0 Å². The van der Waals surface area contributed by atoms with E-state index in [0.717, 1.165) is 32.5 Å². The number of nitrogen functional groups attached to an aromatic ring is 1. The average molecular weight is 332 g/mol. The van der Waals surface area contributed by atoms with Gasteiger partial charge in [0.2, 0.25) is 0 Å². The molecule has 118 valence electrons. The summed E-state index contributed by atoms with van der Waals surface area (Å²) in [5, 5.41) is 3.08. The fraction of sp³-hybridized carbons (Fsp3) is 0.400. The van der Waals surface area contributed by atoms with Gasteiger partial charge in [0.25, 0.3) is 5.91 Å². The number of carbonyl (C=O) groups is 1. The van der Waals surface area contributed by atoms with Gasteiger partial charge in [0.1, 0.15) is 0 Å². The van der Waals surface area contributed by atoms with Crippen molar-refractivity contribution < 1.29 is 4.79 Å². The molecule has 0 spiro atoms. The van der Waals surface area contributed by atoms with Gasteiger partial charge in [-0.1, -0.05) is 12.1 Å². The van der Waals surface area contributed by atoms with E-state index in [1.54, 1.807) is 24.3 Å². The Hall–Kier alpha value is -1.23. The van der Waals surface area contributed by atoms with Crippen molar-refractivity contribution in [1.82, 2.24) is 10.2 Å². The fourth-order valence-electron chi connectivity index (χ4n) is 2.39. The predicted octanol–water partition coefficient (Wildman–Crippen LogP) is 2.49. The summed E-state index contributed by atoms with van der Waals surface area (Å²) in [6.07, 6.45) is 3.90. The molecule has 1 aliphatic rings. The molecular formula is C15H23Cl2N3O. The molecule has 1 fully saturated rings. The van der Waals surface area contributed by atoms with E-state index in [9.17, 15) is 4.79 Å². The van der Waals surface area contributed by atoms with Crippen LogP contribution in [0.4, 0.5) is 5.69 Å². The Balaban J connectivity index is 0.00000200. The number of likely N-dealkylation sites (tertiary alicyclic amines) is 1. The van der Waals surface area contributed by atoms with Gasteiger partial charge >= 0.3 is 0 Å². The minimum atomic E-state index is -0.0329. The monoisotopic (exact) mass is 331 g/mol. The zero-order valence-electron chi connectivity index (χ0n) is 12.0. The Bertz CT molecular complexity index is 460. The van der Waals surface area contributed by atoms with Crippen molar-refractivity contribution in [3.05, 3.63) is 42.5 Å². The third-order valence-electron chi connectivity index (χ3n) is 3.46. The fourth-order valence-corrected chi connectivity index (χ4v) is 2.39. The Morgan fingerprint density at radius 3 is 2.62 bits per heavy atom. The van der Waals surface area contributed by atoms with Gasteiger partial charge in [-0.25, -0.2) is 0 Å². The quantitative estimate of drug-likeness (QED) is 0.658. The van der Waals surface area contributed by atoms with Crippen LogP contribution in [0.1, 0.15) is 23.2 Å². The molecule has 0 radical (unpaired) electrons. The van der Waals surface area contributed by atoms with Crippen molar-refractivity contribution in [3.8, 4) is 0 Å². The lowest BCUT2D eigenvalue weighted by atomic mass is 10.0. The molecule has 0 atom stereocenters. The third-order valence-corrected chi connectivity index (χ3v) is 3.46. The summed E-state index contributed by atoms with van der Waals surface area (Å²) < 4.78 is 0. The first-order valence-electron chi connectivity index (χ1n) is 6.68. The number of amides is 1. The van der Waals surface area contributed by atoms with Crippen LogP contribution in [0, 0.1) is 0 Å². The molecule has 1 aliphatic heterocycles. The number of hydrogen-bond acceptors (Lipinski definition) is 3. The SMILES string of the molecule is C=CCN1CCC(NC(=O)c2cccc(N)c2)CC1.Cl.Cl. The highest BCUT2D eigenvalue weighted by Gasteiger charge is 2.20. The van der Waals surface area contributed by atoms with E-state index in [1.807, 2.05) is 6.08 Å². The maximum Gasteiger partial charge on any atom is 0.251 e. The minimum absolute atomic E-state index is 0. The molecule has 3 N–H and O–H groups in total. The maximum absolute atomic E-state index is 12.1. The molecule has 1 saturated heterocycles. The molecule has 0 bridgehead atoms. The first-order chi connectivity index (χ1) is 9.19. The van der Waals surface area contributed by atoms with Gasteiger partial charge in [-0.3, -0.25) is 9.69 Å². The first kappa shape index (κ1) is 19.8. The van der Waals surface area contributed by atoms with E-state index in [0.29, 0.717) is 11.3 Å². The van der Waals surface area contributed by atoms with Crippen molar-refractivity contribution in [1.29, 1.82) is 0 Å². The number of carbonyl (C=O) groups excluding carboxylic acids is 1. The van der Waals surface area contributed by atoms with Crippen LogP contribution in [0.15, 0.2) is 36.9 Å². The molecule has 1 aromatic rings. The van der Waals surface area contributed by atoms with E-state index in [-0.39, 0.29) is 36.8 Å². The van der Waals surface area contributed by atoms with Gasteiger partial charge in [-0.05, 0) is 31.0 Å².